The van der Waals surface area contributed by atoms with E-state index in [0.717, 1.165) is 11.6 Å². The first-order valence-corrected chi connectivity index (χ1v) is 5.91. The van der Waals surface area contributed by atoms with Gasteiger partial charge in [-0.25, -0.2) is 4.98 Å². The molecule has 0 aliphatic rings. The Labute approximate surface area is 94.0 Å². The quantitative estimate of drug-likeness (QED) is 0.853. The van der Waals surface area contributed by atoms with E-state index in [1.165, 1.54) is 5.56 Å². The van der Waals surface area contributed by atoms with Gasteiger partial charge in [-0.1, -0.05) is 30.3 Å². The van der Waals surface area contributed by atoms with Gasteiger partial charge in [-0.05, 0) is 12.5 Å². The van der Waals surface area contributed by atoms with Gasteiger partial charge < -0.3 is 5.32 Å². The fourth-order valence-corrected chi connectivity index (χ4v) is 2.07. The largest absolute Gasteiger partial charge is 0.304 e. The summed E-state index contributed by atoms with van der Waals surface area (Å²) in [5.74, 6) is 0. The highest BCUT2D eigenvalue weighted by Crippen LogP contribution is 2.15. The molecule has 1 heterocycles. The second-order valence-corrected chi connectivity index (χ2v) is 4.38. The van der Waals surface area contributed by atoms with Gasteiger partial charge in [0.1, 0.15) is 5.01 Å². The summed E-state index contributed by atoms with van der Waals surface area (Å²) in [4.78, 5) is 4.28. The van der Waals surface area contributed by atoms with Crippen molar-refractivity contribution in [1.82, 2.24) is 10.3 Å². The fourth-order valence-electron chi connectivity index (χ4n) is 1.40. The normalized spacial score (nSPS) is 12.6. The standard InChI is InChI=1S/C12H14N2S/c1-10(12-13-7-8-15-12)14-9-11-5-3-2-4-6-11/h2-8,10,14H,9H2,1H3/t10-/m0/s1. The first-order chi connectivity index (χ1) is 7.36. The summed E-state index contributed by atoms with van der Waals surface area (Å²) in [5, 5.41) is 6.60. The molecular formula is C12H14N2S. The number of nitrogens with zero attached hydrogens (tertiary/aromatic N) is 1. The van der Waals surface area contributed by atoms with E-state index in [1.54, 1.807) is 11.3 Å². The third-order valence-electron chi connectivity index (χ3n) is 2.28. The van der Waals surface area contributed by atoms with E-state index >= 15 is 0 Å². The minimum atomic E-state index is 0.324. The summed E-state index contributed by atoms with van der Waals surface area (Å²) in [6.07, 6.45) is 1.85. The van der Waals surface area contributed by atoms with Crippen LogP contribution >= 0.6 is 11.3 Å². The van der Waals surface area contributed by atoms with Gasteiger partial charge in [0, 0.05) is 18.1 Å². The van der Waals surface area contributed by atoms with Gasteiger partial charge in [-0.2, -0.15) is 0 Å². The van der Waals surface area contributed by atoms with E-state index in [2.05, 4.69) is 41.5 Å². The van der Waals surface area contributed by atoms with Crippen LogP contribution in [0.15, 0.2) is 41.9 Å². The maximum atomic E-state index is 4.28. The molecule has 0 saturated heterocycles. The zero-order valence-electron chi connectivity index (χ0n) is 8.68. The van der Waals surface area contributed by atoms with Crippen LogP contribution in [-0.2, 0) is 6.54 Å². The second kappa shape index (κ2) is 5.05. The lowest BCUT2D eigenvalue weighted by Gasteiger charge is -2.10. The molecule has 78 valence electrons. The van der Waals surface area contributed by atoms with Crippen molar-refractivity contribution in [2.75, 3.05) is 0 Å². The van der Waals surface area contributed by atoms with Crippen LogP contribution in [-0.4, -0.2) is 4.98 Å². The summed E-state index contributed by atoms with van der Waals surface area (Å²) in [6.45, 7) is 3.03. The summed E-state index contributed by atoms with van der Waals surface area (Å²) >= 11 is 1.69. The summed E-state index contributed by atoms with van der Waals surface area (Å²) in [7, 11) is 0. The lowest BCUT2D eigenvalue weighted by Crippen LogP contribution is -2.17. The summed E-state index contributed by atoms with van der Waals surface area (Å²) in [5.41, 5.74) is 1.31. The molecule has 1 aromatic heterocycles. The SMILES string of the molecule is C[C@H](NCc1ccccc1)c1nccs1. The van der Waals surface area contributed by atoms with Gasteiger partial charge in [0.2, 0.25) is 0 Å². The van der Waals surface area contributed by atoms with E-state index in [4.69, 9.17) is 0 Å². The fraction of sp³-hybridized carbons (Fsp3) is 0.250. The Morgan fingerprint density at radius 3 is 2.80 bits per heavy atom. The zero-order valence-corrected chi connectivity index (χ0v) is 9.50. The first kappa shape index (κ1) is 10.3. The molecule has 15 heavy (non-hydrogen) atoms. The number of rotatable bonds is 4. The molecule has 0 unspecified atom stereocenters. The molecule has 2 rings (SSSR count). The third-order valence-corrected chi connectivity index (χ3v) is 3.24. The van der Waals surface area contributed by atoms with Crippen molar-refractivity contribution < 1.29 is 0 Å². The molecule has 2 nitrogen and oxygen atoms in total. The van der Waals surface area contributed by atoms with Crippen molar-refractivity contribution in [1.29, 1.82) is 0 Å². The van der Waals surface area contributed by atoms with E-state index in [1.807, 2.05) is 17.6 Å². The second-order valence-electron chi connectivity index (χ2n) is 3.46. The van der Waals surface area contributed by atoms with Crippen LogP contribution in [0, 0.1) is 0 Å². The van der Waals surface area contributed by atoms with Crippen molar-refractivity contribution in [3.05, 3.63) is 52.5 Å². The minimum absolute atomic E-state index is 0.324. The van der Waals surface area contributed by atoms with Crippen LogP contribution in [0.3, 0.4) is 0 Å². The maximum Gasteiger partial charge on any atom is 0.109 e. The van der Waals surface area contributed by atoms with E-state index in [9.17, 15) is 0 Å². The lowest BCUT2D eigenvalue weighted by atomic mass is 10.2. The Kier molecular flexibility index (Phi) is 3.48. The molecule has 2 aromatic rings. The number of hydrogen-bond donors (Lipinski definition) is 1. The van der Waals surface area contributed by atoms with Crippen molar-refractivity contribution in [2.45, 2.75) is 19.5 Å². The molecular weight excluding hydrogens is 204 g/mol. The van der Waals surface area contributed by atoms with Crippen LogP contribution in [0.1, 0.15) is 23.5 Å². The summed E-state index contributed by atoms with van der Waals surface area (Å²) < 4.78 is 0. The van der Waals surface area contributed by atoms with Gasteiger partial charge in [0.25, 0.3) is 0 Å². The van der Waals surface area contributed by atoms with Gasteiger partial charge >= 0.3 is 0 Å². The Balaban J connectivity index is 1.89. The molecule has 0 amide bonds. The van der Waals surface area contributed by atoms with Crippen LogP contribution in [0.2, 0.25) is 0 Å². The predicted molar refractivity (Wildman–Crippen MR) is 63.8 cm³/mol. The van der Waals surface area contributed by atoms with Gasteiger partial charge in [0.05, 0.1) is 6.04 Å². The van der Waals surface area contributed by atoms with Crippen LogP contribution in [0.25, 0.3) is 0 Å². The molecule has 0 bridgehead atoms. The maximum absolute atomic E-state index is 4.28. The van der Waals surface area contributed by atoms with Gasteiger partial charge in [0.15, 0.2) is 0 Å². The average molecular weight is 218 g/mol. The Hall–Kier alpha value is -1.19. The topological polar surface area (TPSA) is 24.9 Å². The van der Waals surface area contributed by atoms with Crippen molar-refractivity contribution in [2.24, 2.45) is 0 Å². The molecule has 0 spiro atoms. The van der Waals surface area contributed by atoms with Crippen molar-refractivity contribution >= 4 is 11.3 Å². The number of benzene rings is 1. The summed E-state index contributed by atoms with van der Waals surface area (Å²) in [6, 6.07) is 10.7. The lowest BCUT2D eigenvalue weighted by molar-refractivity contribution is 0.572. The number of thiazole rings is 1. The van der Waals surface area contributed by atoms with E-state index in [0.29, 0.717) is 6.04 Å². The highest BCUT2D eigenvalue weighted by atomic mass is 32.1. The van der Waals surface area contributed by atoms with Crippen molar-refractivity contribution in [3.63, 3.8) is 0 Å². The molecule has 0 radical (unpaired) electrons. The van der Waals surface area contributed by atoms with Crippen LogP contribution in [0.5, 0.6) is 0 Å². The monoisotopic (exact) mass is 218 g/mol. The molecule has 0 aliphatic heterocycles. The minimum Gasteiger partial charge on any atom is -0.304 e. The Morgan fingerprint density at radius 2 is 2.13 bits per heavy atom. The average Bonchev–Trinajstić information content (AvgIpc) is 2.81. The smallest absolute Gasteiger partial charge is 0.109 e. The van der Waals surface area contributed by atoms with Gasteiger partial charge in [-0.15, -0.1) is 11.3 Å². The zero-order chi connectivity index (χ0) is 10.5. The van der Waals surface area contributed by atoms with Crippen LogP contribution in [0.4, 0.5) is 0 Å². The molecule has 1 atom stereocenters. The van der Waals surface area contributed by atoms with E-state index < -0.39 is 0 Å². The number of nitrogens with one attached hydrogen (secondary N) is 1. The molecule has 3 heteroatoms. The Bertz CT molecular complexity index is 383. The van der Waals surface area contributed by atoms with Crippen LogP contribution < -0.4 is 5.32 Å². The first-order valence-electron chi connectivity index (χ1n) is 5.03. The molecule has 0 aliphatic carbocycles. The number of hydrogen-bond acceptors (Lipinski definition) is 3. The highest BCUT2D eigenvalue weighted by molar-refractivity contribution is 7.09. The molecule has 0 fully saturated rings. The third kappa shape index (κ3) is 2.88. The Morgan fingerprint density at radius 1 is 1.33 bits per heavy atom. The van der Waals surface area contributed by atoms with Gasteiger partial charge in [-0.3, -0.25) is 0 Å². The van der Waals surface area contributed by atoms with E-state index in [-0.39, 0.29) is 0 Å². The molecule has 1 aromatic carbocycles. The molecule has 1 N–H and O–H groups in total. The highest BCUT2D eigenvalue weighted by Gasteiger charge is 2.06. The molecule has 0 saturated carbocycles. The predicted octanol–water partition coefficient (Wildman–Crippen LogP) is 2.99. The van der Waals surface area contributed by atoms with Crippen molar-refractivity contribution in [3.8, 4) is 0 Å². The number of aromatic nitrogens is 1.